The Morgan fingerprint density at radius 2 is 2.03 bits per heavy atom. The van der Waals surface area contributed by atoms with Gasteiger partial charge in [0, 0.05) is 30.2 Å². The van der Waals surface area contributed by atoms with Crippen LogP contribution in [0.5, 0.6) is 0 Å². The number of carbonyl (C=O) groups excluding carboxylic acids is 1. The summed E-state index contributed by atoms with van der Waals surface area (Å²) in [6.07, 6.45) is 1.61. The molecule has 0 bridgehead atoms. The summed E-state index contributed by atoms with van der Waals surface area (Å²) in [5.41, 5.74) is 2.05. The van der Waals surface area contributed by atoms with E-state index in [1.54, 1.807) is 6.08 Å². The van der Waals surface area contributed by atoms with Crippen LogP contribution in [0.3, 0.4) is 0 Å². The number of anilines is 1. The van der Waals surface area contributed by atoms with E-state index in [1.807, 2.05) is 30.3 Å². The Morgan fingerprint density at radius 1 is 1.27 bits per heavy atom. The molecule has 2 aromatic rings. The molecular formula is C23H27N3O4. The van der Waals surface area contributed by atoms with Crippen LogP contribution >= 0.6 is 0 Å². The van der Waals surface area contributed by atoms with Crippen LogP contribution in [-0.4, -0.2) is 63.2 Å². The molecule has 1 aliphatic rings. The fourth-order valence-electron chi connectivity index (χ4n) is 3.22. The fourth-order valence-corrected chi connectivity index (χ4v) is 3.22. The number of nitrogens with zero attached hydrogens (tertiary/aromatic N) is 2. The van der Waals surface area contributed by atoms with Crippen LogP contribution in [0.2, 0.25) is 0 Å². The molecule has 158 valence electrons. The predicted molar refractivity (Wildman–Crippen MR) is 116 cm³/mol. The van der Waals surface area contributed by atoms with E-state index in [2.05, 4.69) is 29.3 Å². The molecule has 0 aromatic heterocycles. The van der Waals surface area contributed by atoms with Gasteiger partial charge in [0.05, 0.1) is 33.0 Å². The zero-order chi connectivity index (χ0) is 21.3. The third kappa shape index (κ3) is 5.80. The van der Waals surface area contributed by atoms with Crippen LogP contribution in [0.15, 0.2) is 42.0 Å². The molecule has 0 saturated carbocycles. The van der Waals surface area contributed by atoms with Crippen molar-refractivity contribution in [3.05, 3.63) is 47.5 Å². The van der Waals surface area contributed by atoms with Crippen LogP contribution < -0.4 is 10.2 Å². The highest BCUT2D eigenvalue weighted by molar-refractivity contribution is 6.03. The second-order valence-corrected chi connectivity index (χ2v) is 7.13. The van der Waals surface area contributed by atoms with Gasteiger partial charge < -0.3 is 24.8 Å². The Kier molecular flexibility index (Phi) is 7.80. The summed E-state index contributed by atoms with van der Waals surface area (Å²) in [5, 5.41) is 23.0. The molecule has 0 radical (unpaired) electrons. The fraction of sp³-hybridized carbons (Fsp3) is 0.391. The van der Waals surface area contributed by atoms with Gasteiger partial charge in [0.2, 0.25) is 0 Å². The van der Waals surface area contributed by atoms with Crippen LogP contribution in [-0.2, 0) is 14.3 Å². The van der Waals surface area contributed by atoms with Crippen molar-refractivity contribution < 1.29 is 19.4 Å². The zero-order valence-corrected chi connectivity index (χ0v) is 17.1. The minimum absolute atomic E-state index is 0.0186. The highest BCUT2D eigenvalue weighted by Gasteiger charge is 2.30. The molecule has 3 rings (SSSR count). The van der Waals surface area contributed by atoms with E-state index in [-0.39, 0.29) is 18.8 Å². The lowest BCUT2D eigenvalue weighted by Crippen LogP contribution is -2.28. The molecule has 1 amide bonds. The van der Waals surface area contributed by atoms with E-state index in [9.17, 15) is 10.1 Å². The summed E-state index contributed by atoms with van der Waals surface area (Å²) < 4.78 is 10.4. The normalized spacial score (nSPS) is 15.8. The van der Waals surface area contributed by atoms with E-state index >= 15 is 0 Å². The molecule has 2 N–H and O–H groups in total. The molecule has 1 fully saturated rings. The first-order valence-corrected chi connectivity index (χ1v) is 10.1. The van der Waals surface area contributed by atoms with Crippen molar-refractivity contribution in [3.63, 3.8) is 0 Å². The molecule has 30 heavy (non-hydrogen) atoms. The smallest absolute Gasteiger partial charge is 0.262 e. The van der Waals surface area contributed by atoms with Gasteiger partial charge in [-0.2, -0.15) is 5.26 Å². The molecule has 1 saturated heterocycles. The zero-order valence-electron chi connectivity index (χ0n) is 17.1. The number of rotatable bonds is 11. The van der Waals surface area contributed by atoms with E-state index < -0.39 is 5.91 Å². The number of amides is 1. The van der Waals surface area contributed by atoms with Gasteiger partial charge in [-0.1, -0.05) is 24.3 Å². The van der Waals surface area contributed by atoms with Gasteiger partial charge in [0.25, 0.3) is 5.91 Å². The topological polar surface area (TPSA) is 94.6 Å². The van der Waals surface area contributed by atoms with Gasteiger partial charge in [0.1, 0.15) is 11.6 Å². The second kappa shape index (κ2) is 10.7. The lowest BCUT2D eigenvalue weighted by Gasteiger charge is -2.10. The average molecular weight is 409 g/mol. The maximum atomic E-state index is 12.3. The highest BCUT2D eigenvalue weighted by Crippen LogP contribution is 2.34. The number of hydrogen-bond donors (Lipinski definition) is 2. The number of hydrogen-bond acceptors (Lipinski definition) is 6. The molecule has 1 heterocycles. The third-order valence-corrected chi connectivity index (χ3v) is 4.87. The minimum atomic E-state index is -0.425. The molecule has 1 aliphatic heterocycles. The summed E-state index contributed by atoms with van der Waals surface area (Å²) in [4.78, 5) is 14.6. The molecule has 0 spiro atoms. The second-order valence-electron chi connectivity index (χ2n) is 7.13. The molecule has 1 atom stereocenters. The van der Waals surface area contributed by atoms with Gasteiger partial charge in [0.15, 0.2) is 0 Å². The first kappa shape index (κ1) is 21.8. The van der Waals surface area contributed by atoms with Gasteiger partial charge in [-0.05, 0) is 36.1 Å². The van der Waals surface area contributed by atoms with Gasteiger partial charge in [-0.15, -0.1) is 0 Å². The molecule has 2 aromatic carbocycles. The van der Waals surface area contributed by atoms with Crippen molar-refractivity contribution in [1.29, 1.82) is 5.26 Å². The van der Waals surface area contributed by atoms with Gasteiger partial charge >= 0.3 is 0 Å². The summed E-state index contributed by atoms with van der Waals surface area (Å²) in [5.74, 6) is -0.425. The van der Waals surface area contributed by atoms with E-state index in [0.29, 0.717) is 32.4 Å². The first-order chi connectivity index (χ1) is 14.6. The van der Waals surface area contributed by atoms with Crippen molar-refractivity contribution in [2.75, 3.05) is 51.0 Å². The van der Waals surface area contributed by atoms with Gasteiger partial charge in [-0.3, -0.25) is 4.79 Å². The van der Waals surface area contributed by atoms with Crippen molar-refractivity contribution in [2.45, 2.75) is 13.0 Å². The van der Waals surface area contributed by atoms with Crippen LogP contribution in [0, 0.1) is 11.3 Å². The monoisotopic (exact) mass is 409 g/mol. The Hall–Kier alpha value is -2.92. The van der Waals surface area contributed by atoms with Gasteiger partial charge in [-0.25, -0.2) is 0 Å². The first-order valence-electron chi connectivity index (χ1n) is 10.1. The van der Waals surface area contributed by atoms with Crippen molar-refractivity contribution in [2.24, 2.45) is 0 Å². The summed E-state index contributed by atoms with van der Waals surface area (Å²) in [7, 11) is 0. The SMILES string of the molecule is CC1CN1c1cccc2ccc(/C=C(\C#N)C(=O)NCCOCCOCCO)cc12. The van der Waals surface area contributed by atoms with Crippen molar-refractivity contribution >= 4 is 28.4 Å². The lowest BCUT2D eigenvalue weighted by atomic mass is 10.0. The lowest BCUT2D eigenvalue weighted by molar-refractivity contribution is -0.117. The summed E-state index contributed by atoms with van der Waals surface area (Å²) in [6.45, 7) is 4.88. The number of carbonyl (C=O) groups is 1. The molecule has 1 unspecified atom stereocenters. The number of benzene rings is 2. The molecular weight excluding hydrogens is 382 g/mol. The quantitative estimate of drug-likeness (QED) is 0.255. The van der Waals surface area contributed by atoms with E-state index in [1.165, 1.54) is 5.69 Å². The Balaban J connectivity index is 1.59. The Labute approximate surface area is 176 Å². The summed E-state index contributed by atoms with van der Waals surface area (Å²) >= 11 is 0. The number of fused-ring (bicyclic) bond motifs is 1. The maximum absolute atomic E-state index is 12.3. The van der Waals surface area contributed by atoms with Crippen LogP contribution in [0.1, 0.15) is 12.5 Å². The number of nitrogens with one attached hydrogen (secondary N) is 1. The number of aliphatic hydroxyl groups is 1. The highest BCUT2D eigenvalue weighted by atomic mass is 16.5. The predicted octanol–water partition coefficient (Wildman–Crippen LogP) is 2.10. The molecule has 7 heteroatoms. The number of nitriles is 1. The van der Waals surface area contributed by atoms with Crippen molar-refractivity contribution in [1.82, 2.24) is 5.32 Å². The Bertz CT molecular complexity index is 951. The van der Waals surface area contributed by atoms with Crippen LogP contribution in [0.25, 0.3) is 16.8 Å². The average Bonchev–Trinajstić information content (AvgIpc) is 3.49. The largest absolute Gasteiger partial charge is 0.394 e. The van der Waals surface area contributed by atoms with E-state index in [4.69, 9.17) is 14.6 Å². The third-order valence-electron chi connectivity index (χ3n) is 4.87. The minimum Gasteiger partial charge on any atom is -0.394 e. The number of aliphatic hydroxyl groups excluding tert-OH is 1. The number of ether oxygens (including phenoxy) is 2. The van der Waals surface area contributed by atoms with Crippen molar-refractivity contribution in [3.8, 4) is 6.07 Å². The standard InChI is InChI=1S/C23H27N3O4/c1-17-16-26(17)22-4-2-3-19-6-5-18(14-21(19)22)13-20(15-24)23(28)25-7-9-29-11-12-30-10-8-27/h2-6,13-14,17,27H,7-12,16H2,1H3,(H,25,28)/b20-13+. The van der Waals surface area contributed by atoms with Crippen LogP contribution in [0.4, 0.5) is 5.69 Å². The van der Waals surface area contributed by atoms with E-state index in [0.717, 1.165) is 22.9 Å². The molecule has 7 nitrogen and oxygen atoms in total. The molecule has 0 aliphatic carbocycles. The maximum Gasteiger partial charge on any atom is 0.262 e. The summed E-state index contributed by atoms with van der Waals surface area (Å²) in [6, 6.07) is 14.7. The Morgan fingerprint density at radius 3 is 2.73 bits per heavy atom.